The van der Waals surface area contributed by atoms with E-state index in [1.54, 1.807) is 0 Å². The number of hydrogen-bond acceptors (Lipinski definition) is 4. The summed E-state index contributed by atoms with van der Waals surface area (Å²) >= 11 is 0. The van der Waals surface area contributed by atoms with E-state index in [0.717, 1.165) is 18.3 Å². The van der Waals surface area contributed by atoms with Gasteiger partial charge in [0.1, 0.15) is 5.69 Å². The smallest absolute Gasteiger partial charge is 0.354 e. The van der Waals surface area contributed by atoms with Gasteiger partial charge < -0.3 is 5.11 Å². The fourth-order valence-corrected chi connectivity index (χ4v) is 1.18. The first-order valence-electron chi connectivity index (χ1n) is 3.08. The summed E-state index contributed by atoms with van der Waals surface area (Å²) in [5.41, 5.74) is -0.435. The number of aromatic carboxylic acids is 1. The minimum absolute atomic E-state index is 0.435. The van der Waals surface area contributed by atoms with Gasteiger partial charge in [0, 0.05) is 6.20 Å². The molecule has 0 aliphatic carbocycles. The third kappa shape index (κ3) is 2.23. The zero-order valence-electron chi connectivity index (χ0n) is 6.21. The highest BCUT2D eigenvalue weighted by Gasteiger charge is 2.12. The molecule has 0 unspecified atom stereocenters. The average molecular weight is 203 g/mol. The first-order valence-corrected chi connectivity index (χ1v) is 4.52. The number of hydrogen-bond donors (Lipinski definition) is 2. The highest BCUT2D eigenvalue weighted by Crippen LogP contribution is 2.08. The summed E-state index contributed by atoms with van der Waals surface area (Å²) in [6.45, 7) is 0. The summed E-state index contributed by atoms with van der Waals surface area (Å²) in [4.78, 5) is 13.2. The molecule has 1 aromatic heterocycles. The van der Waals surface area contributed by atoms with Gasteiger partial charge in [-0.3, -0.25) is 4.55 Å². The van der Waals surface area contributed by atoms with E-state index < -0.39 is 26.7 Å². The molecule has 6 nitrogen and oxygen atoms in total. The summed E-state index contributed by atoms with van der Waals surface area (Å²) in [6.07, 6.45) is 0.993. The van der Waals surface area contributed by atoms with Crippen LogP contribution in [0.3, 0.4) is 0 Å². The summed E-state index contributed by atoms with van der Waals surface area (Å²) < 4.78 is 29.6. The largest absolute Gasteiger partial charge is 0.477 e. The van der Waals surface area contributed by atoms with Crippen LogP contribution in [0.1, 0.15) is 10.5 Å². The van der Waals surface area contributed by atoms with Crippen molar-refractivity contribution in [3.8, 4) is 0 Å². The van der Waals surface area contributed by atoms with Crippen LogP contribution in [0.4, 0.5) is 0 Å². The number of carbonyl (C=O) groups is 1. The summed E-state index contributed by atoms with van der Waals surface area (Å²) in [7, 11) is -4.36. The van der Waals surface area contributed by atoms with Crippen molar-refractivity contribution in [1.29, 1.82) is 0 Å². The quantitative estimate of drug-likeness (QED) is 0.657. The Balaban J connectivity index is 3.29. The van der Waals surface area contributed by atoms with E-state index in [4.69, 9.17) is 9.66 Å². The van der Waals surface area contributed by atoms with Crippen LogP contribution >= 0.6 is 0 Å². The lowest BCUT2D eigenvalue weighted by Crippen LogP contribution is -2.04. The maximum atomic E-state index is 10.5. The van der Waals surface area contributed by atoms with Crippen LogP contribution in [0, 0.1) is 0 Å². The van der Waals surface area contributed by atoms with Gasteiger partial charge in [-0.05, 0) is 12.1 Å². The predicted octanol–water partition coefficient (Wildman–Crippen LogP) is 0.0265. The van der Waals surface area contributed by atoms with Crippen LogP contribution in [0.25, 0.3) is 0 Å². The van der Waals surface area contributed by atoms with Crippen molar-refractivity contribution in [2.75, 3.05) is 0 Å². The van der Waals surface area contributed by atoms with Gasteiger partial charge >= 0.3 is 5.97 Å². The summed E-state index contributed by atoms with van der Waals surface area (Å²) in [5, 5.41) is 8.44. The van der Waals surface area contributed by atoms with Crippen LogP contribution in [-0.2, 0) is 10.1 Å². The second-order valence-corrected chi connectivity index (χ2v) is 3.58. The molecule has 13 heavy (non-hydrogen) atoms. The van der Waals surface area contributed by atoms with Crippen molar-refractivity contribution in [3.05, 3.63) is 24.0 Å². The van der Waals surface area contributed by atoms with E-state index in [1.807, 2.05) is 0 Å². The van der Waals surface area contributed by atoms with E-state index in [2.05, 4.69) is 4.98 Å². The maximum Gasteiger partial charge on any atom is 0.354 e. The SMILES string of the molecule is O=C(O)c1cc(S(=O)(=O)O)ccn1. The maximum absolute atomic E-state index is 10.5. The Labute approximate surface area is 73.6 Å². The van der Waals surface area contributed by atoms with E-state index >= 15 is 0 Å². The minimum Gasteiger partial charge on any atom is -0.477 e. The molecule has 0 amide bonds. The molecular weight excluding hydrogens is 198 g/mol. The highest BCUT2D eigenvalue weighted by molar-refractivity contribution is 7.85. The Morgan fingerprint density at radius 3 is 2.54 bits per heavy atom. The lowest BCUT2D eigenvalue weighted by Gasteiger charge is -1.96. The van der Waals surface area contributed by atoms with Gasteiger partial charge in [0.05, 0.1) is 4.90 Å². The zero-order valence-corrected chi connectivity index (χ0v) is 7.02. The molecule has 70 valence electrons. The molecule has 0 fully saturated rings. The van der Waals surface area contributed by atoms with Crippen molar-refractivity contribution in [1.82, 2.24) is 4.98 Å². The third-order valence-electron chi connectivity index (χ3n) is 1.25. The van der Waals surface area contributed by atoms with E-state index in [0.29, 0.717) is 0 Å². The lowest BCUT2D eigenvalue weighted by molar-refractivity contribution is 0.0690. The van der Waals surface area contributed by atoms with Gasteiger partial charge in [-0.25, -0.2) is 9.78 Å². The van der Waals surface area contributed by atoms with Crippen molar-refractivity contribution in [3.63, 3.8) is 0 Å². The Morgan fingerprint density at radius 1 is 1.46 bits per heavy atom. The molecule has 0 aliphatic heterocycles. The minimum atomic E-state index is -4.36. The molecule has 1 aromatic rings. The molecule has 1 heterocycles. The molecule has 0 aromatic carbocycles. The average Bonchev–Trinajstić information content (AvgIpc) is 2.03. The normalized spacial score (nSPS) is 11.2. The van der Waals surface area contributed by atoms with E-state index in [1.165, 1.54) is 0 Å². The van der Waals surface area contributed by atoms with Crippen LogP contribution < -0.4 is 0 Å². The molecular formula is C6H5NO5S. The van der Waals surface area contributed by atoms with Crippen LogP contribution in [0.2, 0.25) is 0 Å². The van der Waals surface area contributed by atoms with Crippen LogP contribution in [-0.4, -0.2) is 29.0 Å². The number of nitrogens with zero attached hydrogens (tertiary/aromatic N) is 1. The fourth-order valence-electron chi connectivity index (χ4n) is 0.689. The van der Waals surface area contributed by atoms with Gasteiger partial charge in [0.15, 0.2) is 0 Å². The second-order valence-electron chi connectivity index (χ2n) is 2.16. The van der Waals surface area contributed by atoms with Crippen molar-refractivity contribution in [2.45, 2.75) is 4.90 Å². The molecule has 0 atom stereocenters. The lowest BCUT2D eigenvalue weighted by atomic mass is 10.4. The number of carboxylic acids is 1. The van der Waals surface area contributed by atoms with E-state index in [-0.39, 0.29) is 0 Å². The Morgan fingerprint density at radius 2 is 2.08 bits per heavy atom. The molecule has 0 spiro atoms. The standard InChI is InChI=1S/C6H5NO5S/c8-6(9)5-3-4(1-2-7-5)13(10,11)12/h1-3H,(H,8,9)(H,10,11,12). The zero-order chi connectivity index (χ0) is 10.1. The van der Waals surface area contributed by atoms with Crippen molar-refractivity contribution in [2.24, 2.45) is 0 Å². The molecule has 1 rings (SSSR count). The first-order chi connectivity index (χ1) is 5.91. The molecule has 0 aliphatic rings. The summed E-state index contributed by atoms with van der Waals surface area (Å²) in [6, 6.07) is 1.78. The third-order valence-corrected chi connectivity index (χ3v) is 2.10. The molecule has 0 bridgehead atoms. The van der Waals surface area contributed by atoms with E-state index in [9.17, 15) is 13.2 Å². The molecule has 0 saturated carbocycles. The van der Waals surface area contributed by atoms with Crippen LogP contribution in [0.15, 0.2) is 23.2 Å². The Hall–Kier alpha value is -1.47. The molecule has 2 N–H and O–H groups in total. The van der Waals surface area contributed by atoms with Gasteiger partial charge in [-0.1, -0.05) is 0 Å². The number of pyridine rings is 1. The number of carboxylic acid groups (broad SMARTS) is 1. The first kappa shape index (κ1) is 9.62. The monoisotopic (exact) mass is 203 g/mol. The van der Waals surface area contributed by atoms with Crippen molar-refractivity contribution < 1.29 is 22.9 Å². The van der Waals surface area contributed by atoms with Crippen molar-refractivity contribution >= 4 is 16.1 Å². The Bertz CT molecular complexity index is 438. The van der Waals surface area contributed by atoms with Gasteiger partial charge in [-0.15, -0.1) is 0 Å². The fraction of sp³-hybridized carbons (Fsp3) is 0. The van der Waals surface area contributed by atoms with Crippen LogP contribution in [0.5, 0.6) is 0 Å². The number of rotatable bonds is 2. The highest BCUT2D eigenvalue weighted by atomic mass is 32.2. The van der Waals surface area contributed by atoms with Gasteiger partial charge in [0.25, 0.3) is 10.1 Å². The van der Waals surface area contributed by atoms with Gasteiger partial charge in [0.2, 0.25) is 0 Å². The summed E-state index contributed by atoms with van der Waals surface area (Å²) in [5.74, 6) is -1.36. The topological polar surface area (TPSA) is 105 Å². The predicted molar refractivity (Wildman–Crippen MR) is 41.0 cm³/mol. The second kappa shape index (κ2) is 3.11. The molecule has 0 saturated heterocycles. The molecule has 0 radical (unpaired) electrons. The molecule has 7 heteroatoms. The van der Waals surface area contributed by atoms with Gasteiger partial charge in [-0.2, -0.15) is 8.42 Å². The Kier molecular flexibility index (Phi) is 2.30. The number of aromatic nitrogens is 1.